The van der Waals surface area contributed by atoms with E-state index in [9.17, 15) is 8.42 Å². The Morgan fingerprint density at radius 3 is 2.13 bits per heavy atom. The minimum absolute atomic E-state index is 0.314. The van der Waals surface area contributed by atoms with E-state index in [0.29, 0.717) is 30.7 Å². The molecule has 3 heterocycles. The largest absolute Gasteiger partial charge is 0.457 e. The third-order valence-corrected chi connectivity index (χ3v) is 9.70. The molecular weight excluding hydrogens is 512 g/mol. The van der Waals surface area contributed by atoms with Crippen molar-refractivity contribution in [3.8, 4) is 22.6 Å². The first-order valence-corrected chi connectivity index (χ1v) is 15.2. The first kappa shape index (κ1) is 25.8. The van der Waals surface area contributed by atoms with Crippen LogP contribution in [-0.2, 0) is 10.0 Å². The summed E-state index contributed by atoms with van der Waals surface area (Å²) in [7, 11) is -3.45. The van der Waals surface area contributed by atoms with Crippen molar-refractivity contribution in [3.05, 3.63) is 67.1 Å². The van der Waals surface area contributed by atoms with Crippen LogP contribution in [-0.4, -0.2) is 52.2 Å². The maximum atomic E-state index is 11.7. The third kappa shape index (κ3) is 5.36. The monoisotopic (exact) mass is 546 g/mol. The summed E-state index contributed by atoms with van der Waals surface area (Å²) in [4.78, 5) is 11.4. The number of anilines is 1. The van der Waals surface area contributed by atoms with Crippen LogP contribution in [0.1, 0.15) is 44.6 Å². The highest BCUT2D eigenvalue weighted by atomic mass is 32.2. The number of nitrogens with zero attached hydrogens (tertiary/aromatic N) is 4. The van der Waals surface area contributed by atoms with Gasteiger partial charge in [-0.15, -0.1) is 0 Å². The van der Waals surface area contributed by atoms with Crippen molar-refractivity contribution in [3.63, 3.8) is 0 Å². The molecule has 1 saturated carbocycles. The quantitative estimate of drug-likeness (QED) is 0.358. The van der Waals surface area contributed by atoms with Crippen LogP contribution < -0.4 is 15.6 Å². The van der Waals surface area contributed by atoms with Crippen LogP contribution in [0, 0.1) is 0 Å². The lowest BCUT2D eigenvalue weighted by atomic mass is 9.89. The standard InChI is InChI=1S/C29H34N6O3S/c30-28-27-26(20-6-12-24(13-7-20)38-23-4-2-1-3-5-23)18-35(29(27)33-19-32-28)22-10-8-21(9-11-22)34-16-14-25(15-17-34)39(31,36)37/h1-7,12-13,18-19,21-22,25H,8-11,14-17H2,(H2,30,32,33)(H2,31,36,37)/t21-,22-. The fourth-order valence-electron chi connectivity index (χ4n) is 6.20. The molecule has 4 aromatic rings. The number of aromatic nitrogens is 3. The van der Waals surface area contributed by atoms with Gasteiger partial charge in [-0.2, -0.15) is 0 Å². The zero-order valence-corrected chi connectivity index (χ0v) is 22.6. The highest BCUT2D eigenvalue weighted by Crippen LogP contribution is 2.39. The van der Waals surface area contributed by atoms with Gasteiger partial charge in [0.05, 0.1) is 10.6 Å². The lowest BCUT2D eigenvalue weighted by Crippen LogP contribution is -2.47. The van der Waals surface area contributed by atoms with E-state index in [-0.39, 0.29) is 0 Å². The summed E-state index contributed by atoms with van der Waals surface area (Å²) in [6.45, 7) is 1.58. The normalized spacial score (nSPS) is 21.3. The first-order chi connectivity index (χ1) is 18.9. The Kier molecular flexibility index (Phi) is 7.01. The van der Waals surface area contributed by atoms with Crippen molar-refractivity contribution < 1.29 is 13.2 Å². The number of likely N-dealkylation sites (tertiary alicyclic amines) is 1. The minimum atomic E-state index is -3.45. The molecular formula is C29H34N6O3S. The summed E-state index contributed by atoms with van der Waals surface area (Å²) in [5.74, 6) is 2.04. The van der Waals surface area contributed by atoms with Gasteiger partial charge in [-0.1, -0.05) is 30.3 Å². The maximum Gasteiger partial charge on any atom is 0.212 e. The molecule has 0 bridgehead atoms. The molecule has 6 rings (SSSR count). The number of rotatable bonds is 6. The van der Waals surface area contributed by atoms with E-state index in [1.807, 2.05) is 54.6 Å². The molecule has 4 N–H and O–H groups in total. The number of hydrogen-bond donors (Lipinski definition) is 2. The van der Waals surface area contributed by atoms with Gasteiger partial charge in [0, 0.05) is 23.8 Å². The number of primary sulfonamides is 1. The molecule has 39 heavy (non-hydrogen) atoms. The fraction of sp³-hybridized carbons (Fsp3) is 0.379. The molecule has 2 fully saturated rings. The number of sulfonamides is 1. The number of piperidine rings is 1. The van der Waals surface area contributed by atoms with Crippen LogP contribution in [0.25, 0.3) is 22.2 Å². The van der Waals surface area contributed by atoms with Gasteiger partial charge in [-0.3, -0.25) is 0 Å². The van der Waals surface area contributed by atoms with E-state index >= 15 is 0 Å². The van der Waals surface area contributed by atoms with Crippen LogP contribution in [0.15, 0.2) is 67.1 Å². The molecule has 9 nitrogen and oxygen atoms in total. The van der Waals surface area contributed by atoms with Crippen molar-refractivity contribution in [2.75, 3.05) is 18.8 Å². The summed E-state index contributed by atoms with van der Waals surface area (Å²) >= 11 is 0. The Hall–Kier alpha value is -3.47. The number of benzene rings is 2. The zero-order valence-electron chi connectivity index (χ0n) is 21.8. The second-order valence-corrected chi connectivity index (χ2v) is 12.5. The van der Waals surface area contributed by atoms with Crippen molar-refractivity contribution in [2.45, 2.75) is 55.9 Å². The molecule has 0 radical (unpaired) electrons. The minimum Gasteiger partial charge on any atom is -0.457 e. The van der Waals surface area contributed by atoms with Gasteiger partial charge in [0.15, 0.2) is 0 Å². The average molecular weight is 547 g/mol. The number of ether oxygens (including phenoxy) is 1. The second-order valence-electron chi connectivity index (χ2n) is 10.6. The predicted molar refractivity (Wildman–Crippen MR) is 153 cm³/mol. The Bertz CT molecular complexity index is 1540. The van der Waals surface area contributed by atoms with E-state index < -0.39 is 15.3 Å². The molecule has 10 heteroatoms. The lowest BCUT2D eigenvalue weighted by molar-refractivity contribution is 0.118. The Balaban J connectivity index is 1.19. The summed E-state index contributed by atoms with van der Waals surface area (Å²) in [6, 6.07) is 18.5. The van der Waals surface area contributed by atoms with Gasteiger partial charge < -0.3 is 19.9 Å². The first-order valence-electron chi connectivity index (χ1n) is 13.6. The molecule has 2 aliphatic rings. The lowest BCUT2D eigenvalue weighted by Gasteiger charge is -2.40. The maximum absolute atomic E-state index is 11.7. The van der Waals surface area contributed by atoms with Crippen molar-refractivity contribution in [2.24, 2.45) is 5.14 Å². The van der Waals surface area contributed by atoms with E-state index in [1.165, 1.54) is 6.33 Å². The van der Waals surface area contributed by atoms with Gasteiger partial charge >= 0.3 is 0 Å². The number of nitrogen functional groups attached to an aromatic ring is 1. The van der Waals surface area contributed by atoms with Gasteiger partial charge in [0.1, 0.15) is 29.3 Å². The van der Waals surface area contributed by atoms with Crippen molar-refractivity contribution >= 4 is 26.9 Å². The van der Waals surface area contributed by atoms with Gasteiger partial charge in [0.2, 0.25) is 10.0 Å². The Morgan fingerprint density at radius 2 is 1.46 bits per heavy atom. The topological polar surface area (TPSA) is 129 Å². The molecule has 0 atom stereocenters. The molecule has 2 aromatic carbocycles. The molecule has 204 valence electrons. The smallest absolute Gasteiger partial charge is 0.212 e. The molecule has 0 amide bonds. The Morgan fingerprint density at radius 1 is 0.821 bits per heavy atom. The highest BCUT2D eigenvalue weighted by Gasteiger charge is 2.33. The second kappa shape index (κ2) is 10.6. The third-order valence-electron chi connectivity index (χ3n) is 8.30. The fourth-order valence-corrected chi connectivity index (χ4v) is 7.07. The number of para-hydroxylation sites is 1. The summed E-state index contributed by atoms with van der Waals surface area (Å²) in [5.41, 5.74) is 9.29. The van der Waals surface area contributed by atoms with Gasteiger partial charge in [-0.25, -0.2) is 23.5 Å². The number of fused-ring (bicyclic) bond motifs is 1. The predicted octanol–water partition coefficient (Wildman–Crippen LogP) is 4.71. The summed E-state index contributed by atoms with van der Waals surface area (Å²) in [6.07, 6.45) is 9.12. The van der Waals surface area contributed by atoms with Gasteiger partial charge in [-0.05, 0) is 81.4 Å². The van der Waals surface area contributed by atoms with Crippen molar-refractivity contribution in [1.29, 1.82) is 0 Å². The van der Waals surface area contributed by atoms with Crippen LogP contribution in [0.2, 0.25) is 0 Å². The van der Waals surface area contributed by atoms with E-state index in [1.54, 1.807) is 0 Å². The van der Waals surface area contributed by atoms with Crippen LogP contribution in [0.5, 0.6) is 11.5 Å². The van der Waals surface area contributed by atoms with Crippen LogP contribution in [0.4, 0.5) is 5.82 Å². The Labute approximate surface area is 228 Å². The van der Waals surface area contributed by atoms with E-state index in [2.05, 4.69) is 25.6 Å². The van der Waals surface area contributed by atoms with Crippen LogP contribution >= 0.6 is 0 Å². The van der Waals surface area contributed by atoms with E-state index in [4.69, 9.17) is 15.6 Å². The summed E-state index contributed by atoms with van der Waals surface area (Å²) < 4.78 is 31.7. The average Bonchev–Trinajstić information content (AvgIpc) is 3.35. The highest BCUT2D eigenvalue weighted by molar-refractivity contribution is 7.89. The molecule has 2 aromatic heterocycles. The molecule has 1 saturated heterocycles. The van der Waals surface area contributed by atoms with Gasteiger partial charge in [0.25, 0.3) is 0 Å². The SMILES string of the molecule is Nc1ncnc2c1c(-c1ccc(Oc3ccccc3)cc1)cn2[C@H]1CC[C@H](N2CCC(S(N)(=O)=O)CC2)CC1. The number of hydrogen-bond acceptors (Lipinski definition) is 7. The van der Waals surface area contributed by atoms with E-state index in [0.717, 1.165) is 72.4 Å². The van der Waals surface area contributed by atoms with Crippen LogP contribution in [0.3, 0.4) is 0 Å². The molecule has 0 unspecified atom stereocenters. The molecule has 0 spiro atoms. The molecule has 1 aliphatic carbocycles. The molecule has 1 aliphatic heterocycles. The summed E-state index contributed by atoms with van der Waals surface area (Å²) in [5, 5.41) is 5.85. The zero-order chi connectivity index (χ0) is 27.0. The number of nitrogens with two attached hydrogens (primary N) is 2. The van der Waals surface area contributed by atoms with Crippen molar-refractivity contribution in [1.82, 2.24) is 19.4 Å².